The van der Waals surface area contributed by atoms with Gasteiger partial charge in [-0.2, -0.15) is 11.8 Å². The molecule has 0 spiro atoms. The lowest BCUT2D eigenvalue weighted by Crippen LogP contribution is -2.54. The van der Waals surface area contributed by atoms with Crippen LogP contribution >= 0.6 is 11.8 Å². The van der Waals surface area contributed by atoms with Crippen molar-refractivity contribution in [3.05, 3.63) is 0 Å². The van der Waals surface area contributed by atoms with Crippen molar-refractivity contribution in [3.63, 3.8) is 0 Å². The van der Waals surface area contributed by atoms with Crippen molar-refractivity contribution in [1.29, 1.82) is 0 Å². The third-order valence-corrected chi connectivity index (χ3v) is 3.85. The van der Waals surface area contributed by atoms with Gasteiger partial charge in [0.25, 0.3) is 0 Å². The SMILES string of the molecule is COCCCN(C)C(=O)N1CCSCC1C(=O)O. The first kappa shape index (κ1) is 15.1. The van der Waals surface area contributed by atoms with Gasteiger partial charge in [-0.25, -0.2) is 9.59 Å². The van der Waals surface area contributed by atoms with Gasteiger partial charge in [0.1, 0.15) is 6.04 Å². The van der Waals surface area contributed by atoms with Crippen molar-refractivity contribution in [2.45, 2.75) is 12.5 Å². The Balaban J connectivity index is 2.54. The number of hydrogen-bond donors (Lipinski definition) is 1. The van der Waals surface area contributed by atoms with E-state index in [4.69, 9.17) is 9.84 Å². The second-order valence-corrected chi connectivity index (χ2v) is 5.32. The number of thioether (sulfide) groups is 1. The Morgan fingerprint density at radius 2 is 2.28 bits per heavy atom. The van der Waals surface area contributed by atoms with E-state index >= 15 is 0 Å². The number of aliphatic carboxylic acids is 1. The van der Waals surface area contributed by atoms with E-state index in [9.17, 15) is 9.59 Å². The highest BCUT2D eigenvalue weighted by molar-refractivity contribution is 7.99. The predicted octanol–water partition coefficient (Wildman–Crippen LogP) is 0.577. The number of methoxy groups -OCH3 is 1. The second kappa shape index (κ2) is 7.48. The molecule has 0 aliphatic carbocycles. The third kappa shape index (κ3) is 4.06. The highest BCUT2D eigenvalue weighted by atomic mass is 32.2. The summed E-state index contributed by atoms with van der Waals surface area (Å²) in [5, 5.41) is 9.11. The number of urea groups is 1. The molecule has 1 unspecified atom stereocenters. The number of carboxylic acids is 1. The molecule has 6 nitrogen and oxygen atoms in total. The monoisotopic (exact) mass is 276 g/mol. The van der Waals surface area contributed by atoms with E-state index in [2.05, 4.69) is 0 Å². The molecule has 0 saturated carbocycles. The molecule has 1 atom stereocenters. The average molecular weight is 276 g/mol. The van der Waals surface area contributed by atoms with E-state index in [1.165, 1.54) is 4.90 Å². The zero-order chi connectivity index (χ0) is 13.5. The lowest BCUT2D eigenvalue weighted by Gasteiger charge is -2.35. The maximum atomic E-state index is 12.1. The van der Waals surface area contributed by atoms with Gasteiger partial charge < -0.3 is 19.6 Å². The summed E-state index contributed by atoms with van der Waals surface area (Å²) in [6.07, 6.45) is 0.749. The number of ether oxygens (including phenoxy) is 1. The predicted molar refractivity (Wildman–Crippen MR) is 70.0 cm³/mol. The topological polar surface area (TPSA) is 70.1 Å². The van der Waals surface area contributed by atoms with Crippen molar-refractivity contribution in [2.75, 3.05) is 45.4 Å². The summed E-state index contributed by atoms with van der Waals surface area (Å²) >= 11 is 1.57. The van der Waals surface area contributed by atoms with Gasteiger partial charge in [0.15, 0.2) is 0 Å². The van der Waals surface area contributed by atoms with Crippen LogP contribution in [0.2, 0.25) is 0 Å². The van der Waals surface area contributed by atoms with E-state index in [0.29, 0.717) is 25.4 Å². The Bertz CT molecular complexity index is 301. The van der Waals surface area contributed by atoms with Crippen LogP contribution in [0.4, 0.5) is 4.79 Å². The maximum Gasteiger partial charge on any atom is 0.327 e. The summed E-state index contributed by atoms with van der Waals surface area (Å²) < 4.78 is 4.93. The molecule has 0 aromatic carbocycles. The summed E-state index contributed by atoms with van der Waals surface area (Å²) in [4.78, 5) is 26.3. The fraction of sp³-hybridized carbons (Fsp3) is 0.818. The molecule has 1 rings (SSSR count). The first-order chi connectivity index (χ1) is 8.57. The number of carboxylic acid groups (broad SMARTS) is 1. The second-order valence-electron chi connectivity index (χ2n) is 4.17. The molecule has 7 heteroatoms. The van der Waals surface area contributed by atoms with E-state index in [1.54, 1.807) is 30.8 Å². The van der Waals surface area contributed by atoms with Gasteiger partial charge in [0.05, 0.1) is 0 Å². The fourth-order valence-electron chi connectivity index (χ4n) is 1.80. The summed E-state index contributed by atoms with van der Waals surface area (Å²) in [7, 11) is 3.31. The minimum Gasteiger partial charge on any atom is -0.480 e. The molecular formula is C11H20N2O4S. The molecule has 1 N–H and O–H groups in total. The van der Waals surface area contributed by atoms with E-state index in [1.807, 2.05) is 0 Å². The quantitative estimate of drug-likeness (QED) is 0.744. The van der Waals surface area contributed by atoms with Crippen LogP contribution in [-0.2, 0) is 9.53 Å². The molecule has 104 valence electrons. The van der Waals surface area contributed by atoms with Crippen molar-refractivity contribution in [3.8, 4) is 0 Å². The summed E-state index contributed by atoms with van der Waals surface area (Å²) in [5.74, 6) is 0.329. The molecule has 18 heavy (non-hydrogen) atoms. The summed E-state index contributed by atoms with van der Waals surface area (Å²) in [6.45, 7) is 1.66. The Labute approximate surface area is 111 Å². The van der Waals surface area contributed by atoms with Gasteiger partial charge in [-0.05, 0) is 6.42 Å². The van der Waals surface area contributed by atoms with Crippen LogP contribution in [0.1, 0.15) is 6.42 Å². The average Bonchev–Trinajstić information content (AvgIpc) is 2.38. The van der Waals surface area contributed by atoms with Crippen LogP contribution in [0, 0.1) is 0 Å². The van der Waals surface area contributed by atoms with E-state index in [-0.39, 0.29) is 6.03 Å². The molecule has 1 fully saturated rings. The third-order valence-electron chi connectivity index (χ3n) is 2.83. The zero-order valence-corrected chi connectivity index (χ0v) is 11.6. The molecule has 0 bridgehead atoms. The number of nitrogens with zero attached hydrogens (tertiary/aromatic N) is 2. The van der Waals surface area contributed by atoms with Gasteiger partial charge in [-0.15, -0.1) is 0 Å². The number of hydrogen-bond acceptors (Lipinski definition) is 4. The van der Waals surface area contributed by atoms with Crippen LogP contribution in [0.25, 0.3) is 0 Å². The molecule has 0 radical (unpaired) electrons. The first-order valence-electron chi connectivity index (χ1n) is 5.89. The minimum atomic E-state index is -0.930. The molecule has 1 heterocycles. The lowest BCUT2D eigenvalue weighted by molar-refractivity contribution is -0.141. The first-order valence-corrected chi connectivity index (χ1v) is 7.04. The zero-order valence-electron chi connectivity index (χ0n) is 10.8. The molecule has 2 amide bonds. The highest BCUT2D eigenvalue weighted by Crippen LogP contribution is 2.18. The smallest absolute Gasteiger partial charge is 0.327 e. The molecule has 0 aromatic rings. The van der Waals surface area contributed by atoms with Gasteiger partial charge in [-0.3, -0.25) is 0 Å². The van der Waals surface area contributed by atoms with Crippen molar-refractivity contribution >= 4 is 23.8 Å². The normalized spacial score (nSPS) is 19.7. The molecular weight excluding hydrogens is 256 g/mol. The summed E-state index contributed by atoms with van der Waals surface area (Å²) in [5.41, 5.74) is 0. The number of rotatable bonds is 5. The van der Waals surface area contributed by atoms with Gasteiger partial charge in [0, 0.05) is 45.4 Å². The van der Waals surface area contributed by atoms with E-state index in [0.717, 1.165) is 12.2 Å². The molecule has 1 aliphatic heterocycles. The van der Waals surface area contributed by atoms with Crippen LogP contribution in [0.3, 0.4) is 0 Å². The van der Waals surface area contributed by atoms with Crippen LogP contribution in [-0.4, -0.2) is 78.3 Å². The Hall–Kier alpha value is -0.950. The number of amides is 2. The Kier molecular flexibility index (Phi) is 6.28. The lowest BCUT2D eigenvalue weighted by atomic mass is 10.3. The molecule has 0 aromatic heterocycles. The van der Waals surface area contributed by atoms with Gasteiger partial charge in [0.2, 0.25) is 0 Å². The fourth-order valence-corrected chi connectivity index (χ4v) is 2.84. The minimum absolute atomic E-state index is 0.209. The highest BCUT2D eigenvalue weighted by Gasteiger charge is 2.33. The van der Waals surface area contributed by atoms with Crippen LogP contribution in [0.15, 0.2) is 0 Å². The Morgan fingerprint density at radius 3 is 2.89 bits per heavy atom. The van der Waals surface area contributed by atoms with Gasteiger partial charge in [-0.1, -0.05) is 0 Å². The number of carbonyl (C=O) groups is 2. The van der Waals surface area contributed by atoms with Crippen molar-refractivity contribution < 1.29 is 19.4 Å². The summed E-state index contributed by atoms with van der Waals surface area (Å²) in [6, 6.07) is -0.917. The van der Waals surface area contributed by atoms with Crippen LogP contribution in [0.5, 0.6) is 0 Å². The molecule has 1 aliphatic rings. The Morgan fingerprint density at radius 1 is 1.56 bits per heavy atom. The number of carbonyl (C=O) groups excluding carboxylic acids is 1. The van der Waals surface area contributed by atoms with Crippen LogP contribution < -0.4 is 0 Å². The van der Waals surface area contributed by atoms with Crippen molar-refractivity contribution in [2.24, 2.45) is 0 Å². The van der Waals surface area contributed by atoms with E-state index < -0.39 is 12.0 Å². The largest absolute Gasteiger partial charge is 0.480 e. The maximum absolute atomic E-state index is 12.1. The molecule has 1 saturated heterocycles. The standard InChI is InChI=1S/C11H20N2O4S/c1-12(4-3-6-17-2)11(16)13-5-7-18-8-9(13)10(14)15/h9H,3-8H2,1-2H3,(H,14,15). The van der Waals surface area contributed by atoms with Crippen molar-refractivity contribution in [1.82, 2.24) is 9.80 Å². The van der Waals surface area contributed by atoms with Gasteiger partial charge >= 0.3 is 12.0 Å².